The topological polar surface area (TPSA) is 46.4 Å². The van der Waals surface area contributed by atoms with Crippen LogP contribution in [0.25, 0.3) is 5.65 Å². The number of pyridine rings is 1. The van der Waals surface area contributed by atoms with Crippen molar-refractivity contribution in [2.45, 2.75) is 12.8 Å². The van der Waals surface area contributed by atoms with Gasteiger partial charge in [0.05, 0.1) is 12.0 Å². The van der Waals surface area contributed by atoms with Crippen LogP contribution in [0.1, 0.15) is 17.7 Å². The highest BCUT2D eigenvalue weighted by atomic mass is 19.3. The molecule has 0 aliphatic heterocycles. The van der Waals surface area contributed by atoms with E-state index in [1.54, 1.807) is 35.0 Å². The third kappa shape index (κ3) is 3.18. The van der Waals surface area contributed by atoms with Gasteiger partial charge >= 0.3 is 0 Å². The molecule has 2 aromatic heterocycles. The Balaban J connectivity index is 1.77. The van der Waals surface area contributed by atoms with Crippen molar-refractivity contribution >= 4 is 17.2 Å². The molecule has 0 radical (unpaired) electrons. The molecule has 1 N–H and O–H groups in total. The second-order valence-electron chi connectivity index (χ2n) is 4.93. The molecule has 1 aromatic carbocycles. The lowest BCUT2D eigenvalue weighted by Crippen LogP contribution is -2.16. The fraction of sp³-hybridized carbons (Fsp3) is 0.125. The van der Waals surface area contributed by atoms with E-state index >= 15 is 0 Å². The Bertz CT molecular complexity index is 861. The van der Waals surface area contributed by atoms with Gasteiger partial charge in [-0.15, -0.1) is 0 Å². The maximum atomic E-state index is 13.2. The molecule has 0 spiro atoms. The molecule has 0 bridgehead atoms. The number of hydrogen-bond acceptors (Lipinski definition) is 2. The number of nitrogens with one attached hydrogen (secondary N) is 1. The van der Waals surface area contributed by atoms with Crippen LogP contribution in [0.15, 0.2) is 48.8 Å². The first-order chi connectivity index (χ1) is 11.0. The van der Waals surface area contributed by atoms with Crippen LogP contribution in [-0.4, -0.2) is 15.3 Å². The Labute approximate surface area is 129 Å². The predicted molar refractivity (Wildman–Crippen MR) is 78.9 cm³/mol. The highest BCUT2D eigenvalue weighted by Crippen LogP contribution is 2.25. The number of benzene rings is 1. The summed E-state index contributed by atoms with van der Waals surface area (Å²) in [7, 11) is 0. The molecule has 0 fully saturated rings. The molecule has 0 saturated heterocycles. The molecular weight excluding hydrogens is 307 g/mol. The highest BCUT2D eigenvalue weighted by Gasteiger charge is 2.15. The van der Waals surface area contributed by atoms with E-state index in [1.807, 2.05) is 0 Å². The Kier molecular flexibility index (Phi) is 4.01. The predicted octanol–water partition coefficient (Wildman–Crippen LogP) is 3.59. The summed E-state index contributed by atoms with van der Waals surface area (Å²) in [6.07, 6.45) is 0.442. The minimum absolute atomic E-state index is 0.0368. The number of anilines is 1. The third-order valence-corrected chi connectivity index (χ3v) is 3.37. The number of nitrogens with zero attached hydrogens (tertiary/aromatic N) is 2. The summed E-state index contributed by atoms with van der Waals surface area (Å²) in [6, 6.07) is 8.44. The van der Waals surface area contributed by atoms with E-state index in [2.05, 4.69) is 10.3 Å². The number of fused-ring (bicyclic) bond motifs is 1. The number of halogens is 3. The summed E-state index contributed by atoms with van der Waals surface area (Å²) in [5.41, 5.74) is 0.801. The standard InChI is InChI=1S/C16H12F3N3O/c17-13-5-4-10(8-12(13)16(18)19)21-15(23)9-11-2-1-3-14-20-6-7-22(11)14/h1-8,16H,9H2,(H,21,23). The first kappa shape index (κ1) is 15.1. The Hall–Kier alpha value is -2.83. The van der Waals surface area contributed by atoms with Crippen LogP contribution in [-0.2, 0) is 11.2 Å². The summed E-state index contributed by atoms with van der Waals surface area (Å²) in [6.45, 7) is 0. The molecule has 0 unspecified atom stereocenters. The maximum Gasteiger partial charge on any atom is 0.266 e. The molecule has 0 atom stereocenters. The lowest BCUT2D eigenvalue weighted by atomic mass is 10.2. The zero-order valence-corrected chi connectivity index (χ0v) is 11.8. The highest BCUT2D eigenvalue weighted by molar-refractivity contribution is 5.92. The number of hydrogen-bond donors (Lipinski definition) is 1. The number of imidazole rings is 1. The van der Waals surface area contributed by atoms with E-state index in [0.29, 0.717) is 11.3 Å². The van der Waals surface area contributed by atoms with Crippen molar-refractivity contribution in [2.75, 3.05) is 5.32 Å². The van der Waals surface area contributed by atoms with Crippen molar-refractivity contribution in [1.82, 2.24) is 9.38 Å². The first-order valence-corrected chi connectivity index (χ1v) is 6.83. The van der Waals surface area contributed by atoms with Gasteiger partial charge in [0.1, 0.15) is 11.5 Å². The average Bonchev–Trinajstić information content (AvgIpc) is 2.98. The van der Waals surface area contributed by atoms with E-state index in [4.69, 9.17) is 0 Å². The molecule has 4 nitrogen and oxygen atoms in total. The van der Waals surface area contributed by atoms with Crippen molar-refractivity contribution in [3.8, 4) is 0 Å². The molecule has 118 valence electrons. The van der Waals surface area contributed by atoms with Gasteiger partial charge in [-0.3, -0.25) is 4.79 Å². The molecule has 3 aromatic rings. The number of amides is 1. The molecule has 0 saturated carbocycles. The van der Waals surface area contributed by atoms with Crippen LogP contribution < -0.4 is 5.32 Å². The van der Waals surface area contributed by atoms with Gasteiger partial charge in [-0.05, 0) is 30.3 Å². The minimum atomic E-state index is -2.94. The first-order valence-electron chi connectivity index (χ1n) is 6.83. The quantitative estimate of drug-likeness (QED) is 0.799. The van der Waals surface area contributed by atoms with Gasteiger partial charge in [0.2, 0.25) is 5.91 Å². The van der Waals surface area contributed by atoms with Crippen molar-refractivity contribution in [1.29, 1.82) is 0 Å². The van der Waals surface area contributed by atoms with E-state index in [-0.39, 0.29) is 12.1 Å². The fourth-order valence-corrected chi connectivity index (χ4v) is 2.31. The smallest absolute Gasteiger partial charge is 0.266 e. The van der Waals surface area contributed by atoms with Gasteiger partial charge in [-0.1, -0.05) is 6.07 Å². The normalized spacial score (nSPS) is 11.1. The molecular formula is C16H12F3N3O. The number of alkyl halides is 2. The largest absolute Gasteiger partial charge is 0.326 e. The van der Waals surface area contributed by atoms with E-state index < -0.39 is 23.7 Å². The summed E-state index contributed by atoms with van der Waals surface area (Å²) in [5, 5.41) is 2.50. The van der Waals surface area contributed by atoms with Crippen LogP contribution in [0.2, 0.25) is 0 Å². The molecule has 3 rings (SSSR count). The van der Waals surface area contributed by atoms with Gasteiger partial charge in [0.15, 0.2) is 0 Å². The summed E-state index contributed by atoms with van der Waals surface area (Å²) >= 11 is 0. The molecule has 7 heteroatoms. The number of rotatable bonds is 4. The number of carbonyl (C=O) groups excluding carboxylic acids is 1. The lowest BCUT2D eigenvalue weighted by molar-refractivity contribution is -0.115. The molecule has 0 aliphatic rings. The monoisotopic (exact) mass is 319 g/mol. The van der Waals surface area contributed by atoms with Crippen molar-refractivity contribution in [3.05, 3.63) is 65.9 Å². The van der Waals surface area contributed by atoms with Gasteiger partial charge in [-0.2, -0.15) is 0 Å². The van der Waals surface area contributed by atoms with Crippen LogP contribution in [0.3, 0.4) is 0 Å². The third-order valence-electron chi connectivity index (χ3n) is 3.37. The van der Waals surface area contributed by atoms with Crippen molar-refractivity contribution in [3.63, 3.8) is 0 Å². The summed E-state index contributed by atoms with van der Waals surface area (Å²) < 4.78 is 40.3. The molecule has 0 aliphatic carbocycles. The zero-order valence-electron chi connectivity index (χ0n) is 11.8. The Morgan fingerprint density at radius 3 is 2.87 bits per heavy atom. The van der Waals surface area contributed by atoms with Crippen LogP contribution in [0.5, 0.6) is 0 Å². The fourth-order valence-electron chi connectivity index (χ4n) is 2.31. The maximum absolute atomic E-state index is 13.2. The van der Waals surface area contributed by atoms with E-state index in [9.17, 15) is 18.0 Å². The van der Waals surface area contributed by atoms with Gasteiger partial charge < -0.3 is 9.72 Å². The Morgan fingerprint density at radius 2 is 2.09 bits per heavy atom. The van der Waals surface area contributed by atoms with Crippen LogP contribution in [0, 0.1) is 5.82 Å². The van der Waals surface area contributed by atoms with Crippen LogP contribution in [0.4, 0.5) is 18.9 Å². The van der Waals surface area contributed by atoms with Crippen molar-refractivity contribution in [2.24, 2.45) is 0 Å². The molecule has 23 heavy (non-hydrogen) atoms. The molecule has 1 amide bonds. The molecule has 2 heterocycles. The van der Waals surface area contributed by atoms with Gasteiger partial charge in [0, 0.05) is 23.8 Å². The number of aromatic nitrogens is 2. The number of carbonyl (C=O) groups is 1. The second-order valence-corrected chi connectivity index (χ2v) is 4.93. The minimum Gasteiger partial charge on any atom is -0.326 e. The average molecular weight is 319 g/mol. The Morgan fingerprint density at radius 1 is 1.26 bits per heavy atom. The van der Waals surface area contributed by atoms with E-state index in [1.165, 1.54) is 6.07 Å². The van der Waals surface area contributed by atoms with Gasteiger partial charge in [0.25, 0.3) is 6.43 Å². The summed E-state index contributed by atoms with van der Waals surface area (Å²) in [5.74, 6) is -1.39. The van der Waals surface area contributed by atoms with Gasteiger partial charge in [-0.25, -0.2) is 18.2 Å². The van der Waals surface area contributed by atoms with Crippen LogP contribution >= 0.6 is 0 Å². The zero-order chi connectivity index (χ0) is 16.4. The SMILES string of the molecule is O=C(Cc1cccc2nccn12)Nc1ccc(F)c(C(F)F)c1. The lowest BCUT2D eigenvalue weighted by Gasteiger charge is -2.09. The van der Waals surface area contributed by atoms with E-state index in [0.717, 1.165) is 12.1 Å². The van der Waals surface area contributed by atoms with Crippen molar-refractivity contribution < 1.29 is 18.0 Å². The summed E-state index contributed by atoms with van der Waals surface area (Å²) in [4.78, 5) is 16.2. The second kappa shape index (κ2) is 6.12.